The number of thiocarbonyl (C=S) groups is 1. The molecule has 0 spiro atoms. The van der Waals surface area contributed by atoms with Crippen LogP contribution in [-0.2, 0) is 0 Å². The minimum absolute atomic E-state index is 0.144. The van der Waals surface area contributed by atoms with E-state index >= 15 is 0 Å². The molecule has 0 aliphatic heterocycles. The van der Waals surface area contributed by atoms with Crippen molar-refractivity contribution in [3.63, 3.8) is 0 Å². The lowest BCUT2D eigenvalue weighted by Gasteiger charge is -2.06. The van der Waals surface area contributed by atoms with Crippen molar-refractivity contribution < 1.29 is 14.3 Å². The average Bonchev–Trinajstić information content (AvgIpc) is 2.50. The van der Waals surface area contributed by atoms with Gasteiger partial charge in [-0.2, -0.15) is 5.10 Å². The van der Waals surface area contributed by atoms with E-state index in [1.165, 1.54) is 36.5 Å². The first-order valence-electron chi connectivity index (χ1n) is 6.24. The van der Waals surface area contributed by atoms with Crippen molar-refractivity contribution in [1.29, 1.82) is 0 Å². The van der Waals surface area contributed by atoms with Gasteiger partial charge in [-0.15, -0.1) is 0 Å². The van der Waals surface area contributed by atoms with E-state index in [0.29, 0.717) is 11.3 Å². The Labute approximate surface area is 131 Å². The predicted octanol–water partition coefficient (Wildman–Crippen LogP) is 2.84. The van der Waals surface area contributed by atoms with Crippen molar-refractivity contribution in [2.45, 2.75) is 0 Å². The predicted molar refractivity (Wildman–Crippen MR) is 86.8 cm³/mol. The molecule has 0 bridgehead atoms. The van der Waals surface area contributed by atoms with Crippen molar-refractivity contribution in [3.8, 4) is 0 Å². The van der Waals surface area contributed by atoms with Crippen LogP contribution in [0.5, 0.6) is 0 Å². The maximum atomic E-state index is 12.8. The molecule has 22 heavy (non-hydrogen) atoms. The monoisotopic (exact) mass is 317 g/mol. The molecule has 0 fully saturated rings. The molecule has 0 unspecified atom stereocenters. The van der Waals surface area contributed by atoms with Crippen LogP contribution in [0, 0.1) is 5.82 Å². The van der Waals surface area contributed by atoms with Gasteiger partial charge in [-0.05, 0) is 42.5 Å². The van der Waals surface area contributed by atoms with Gasteiger partial charge in [-0.1, -0.05) is 18.2 Å². The van der Waals surface area contributed by atoms with Crippen LogP contribution in [0.1, 0.15) is 15.9 Å². The quantitative estimate of drug-likeness (QED) is 0.459. The zero-order valence-electron chi connectivity index (χ0n) is 11.3. The summed E-state index contributed by atoms with van der Waals surface area (Å²) in [6.07, 6.45) is 1.36. The summed E-state index contributed by atoms with van der Waals surface area (Å²) < 4.78 is 12.8. The lowest BCUT2D eigenvalue weighted by molar-refractivity contribution is 0.0697. The second kappa shape index (κ2) is 7.28. The molecule has 0 aromatic heterocycles. The summed E-state index contributed by atoms with van der Waals surface area (Å²) in [6, 6.07) is 12.1. The molecule has 0 saturated heterocycles. The topological polar surface area (TPSA) is 73.7 Å². The van der Waals surface area contributed by atoms with Crippen LogP contribution in [0.25, 0.3) is 0 Å². The van der Waals surface area contributed by atoms with Crippen LogP contribution in [-0.4, -0.2) is 22.4 Å². The molecule has 7 heteroatoms. The highest BCUT2D eigenvalue weighted by molar-refractivity contribution is 7.80. The van der Waals surface area contributed by atoms with E-state index in [9.17, 15) is 9.18 Å². The maximum absolute atomic E-state index is 12.8. The van der Waals surface area contributed by atoms with Gasteiger partial charge >= 0.3 is 5.97 Å². The number of aromatic carboxylic acids is 1. The van der Waals surface area contributed by atoms with Gasteiger partial charge in [0.05, 0.1) is 11.8 Å². The third-order valence-electron chi connectivity index (χ3n) is 2.66. The zero-order chi connectivity index (χ0) is 15.9. The van der Waals surface area contributed by atoms with E-state index in [2.05, 4.69) is 15.8 Å². The second-order valence-electron chi connectivity index (χ2n) is 4.22. The summed E-state index contributed by atoms with van der Waals surface area (Å²) in [7, 11) is 0. The molecular weight excluding hydrogens is 305 g/mol. The molecule has 2 aromatic carbocycles. The standard InChI is InChI=1S/C15H12FN3O2S/c16-11-5-7-12(8-6-11)18-15(22)19-17-9-10-3-1-2-4-13(10)14(20)21/h1-9H,(H,20,21)(H2,18,19,22). The fraction of sp³-hybridized carbons (Fsp3) is 0. The molecule has 0 aliphatic carbocycles. The first kappa shape index (κ1) is 15.6. The molecular formula is C15H12FN3O2S. The van der Waals surface area contributed by atoms with Crippen molar-refractivity contribution in [2.75, 3.05) is 5.32 Å². The minimum atomic E-state index is -1.03. The number of halogens is 1. The molecule has 0 atom stereocenters. The maximum Gasteiger partial charge on any atom is 0.336 e. The van der Waals surface area contributed by atoms with E-state index in [0.717, 1.165) is 0 Å². The third-order valence-corrected chi connectivity index (χ3v) is 2.86. The van der Waals surface area contributed by atoms with Crippen LogP contribution >= 0.6 is 12.2 Å². The van der Waals surface area contributed by atoms with Gasteiger partial charge in [0, 0.05) is 11.3 Å². The largest absolute Gasteiger partial charge is 0.478 e. The Bertz CT molecular complexity index is 717. The molecule has 112 valence electrons. The number of carboxylic acid groups (broad SMARTS) is 1. The number of carboxylic acids is 1. The molecule has 2 aromatic rings. The molecule has 0 aliphatic rings. The summed E-state index contributed by atoms with van der Waals surface area (Å²) in [5.41, 5.74) is 3.77. The van der Waals surface area contributed by atoms with Crippen molar-refractivity contribution in [1.82, 2.24) is 5.43 Å². The number of hydrogen-bond acceptors (Lipinski definition) is 3. The summed E-state index contributed by atoms with van der Waals surface area (Å²) in [4.78, 5) is 11.0. The summed E-state index contributed by atoms with van der Waals surface area (Å²) >= 11 is 5.02. The highest BCUT2D eigenvalue weighted by atomic mass is 32.1. The number of rotatable bonds is 4. The van der Waals surface area contributed by atoms with Gasteiger partial charge in [0.2, 0.25) is 0 Å². The Balaban J connectivity index is 1.96. The SMILES string of the molecule is O=C(O)c1ccccc1C=NNC(=S)Nc1ccc(F)cc1. The number of carbonyl (C=O) groups is 1. The third kappa shape index (κ3) is 4.35. The summed E-state index contributed by atoms with van der Waals surface area (Å²) in [5.74, 6) is -1.37. The first-order chi connectivity index (χ1) is 10.6. The lowest BCUT2D eigenvalue weighted by Crippen LogP contribution is -2.23. The number of nitrogens with zero attached hydrogens (tertiary/aromatic N) is 1. The van der Waals surface area contributed by atoms with E-state index < -0.39 is 5.97 Å². The van der Waals surface area contributed by atoms with E-state index in [1.54, 1.807) is 18.2 Å². The van der Waals surface area contributed by atoms with Crippen molar-refractivity contribution in [3.05, 3.63) is 65.5 Å². The van der Waals surface area contributed by atoms with Crippen molar-refractivity contribution in [2.24, 2.45) is 5.10 Å². The first-order valence-corrected chi connectivity index (χ1v) is 6.65. The molecule has 0 heterocycles. The molecule has 0 radical (unpaired) electrons. The van der Waals surface area contributed by atoms with Crippen LogP contribution in [0.4, 0.5) is 10.1 Å². The number of hydrazone groups is 1. The second-order valence-corrected chi connectivity index (χ2v) is 4.63. The number of nitrogens with one attached hydrogen (secondary N) is 2. The van der Waals surface area contributed by atoms with Crippen LogP contribution in [0.3, 0.4) is 0 Å². The highest BCUT2D eigenvalue weighted by Gasteiger charge is 2.06. The van der Waals surface area contributed by atoms with Gasteiger partial charge in [0.25, 0.3) is 0 Å². The Morgan fingerprint density at radius 3 is 2.55 bits per heavy atom. The normalized spacial score (nSPS) is 10.4. The van der Waals surface area contributed by atoms with Gasteiger partial charge < -0.3 is 10.4 Å². The van der Waals surface area contributed by atoms with Crippen molar-refractivity contribution >= 4 is 35.2 Å². The van der Waals surface area contributed by atoms with Gasteiger partial charge in [0.15, 0.2) is 5.11 Å². The molecule has 5 nitrogen and oxygen atoms in total. The smallest absolute Gasteiger partial charge is 0.336 e. The fourth-order valence-electron chi connectivity index (χ4n) is 1.66. The van der Waals surface area contributed by atoms with Crippen LogP contribution < -0.4 is 10.7 Å². The summed E-state index contributed by atoms with van der Waals surface area (Å²) in [6.45, 7) is 0. The van der Waals surface area contributed by atoms with Gasteiger partial charge in [-0.25, -0.2) is 9.18 Å². The number of hydrogen-bond donors (Lipinski definition) is 3. The number of anilines is 1. The Kier molecular flexibility index (Phi) is 5.16. The van der Waals surface area contributed by atoms with Crippen LogP contribution in [0.2, 0.25) is 0 Å². The van der Waals surface area contributed by atoms with E-state index in [4.69, 9.17) is 17.3 Å². The fourth-order valence-corrected chi connectivity index (χ4v) is 1.83. The average molecular weight is 317 g/mol. The van der Waals surface area contributed by atoms with Gasteiger partial charge in [-0.3, -0.25) is 5.43 Å². The van der Waals surface area contributed by atoms with Gasteiger partial charge in [0.1, 0.15) is 5.82 Å². The Hall–Kier alpha value is -2.80. The molecule has 2 rings (SSSR count). The molecule has 0 amide bonds. The van der Waals surface area contributed by atoms with E-state index in [1.807, 2.05) is 0 Å². The number of benzene rings is 2. The Morgan fingerprint density at radius 1 is 1.18 bits per heavy atom. The van der Waals surface area contributed by atoms with Crippen LogP contribution in [0.15, 0.2) is 53.6 Å². The molecule has 0 saturated carbocycles. The van der Waals surface area contributed by atoms with E-state index in [-0.39, 0.29) is 16.5 Å². The zero-order valence-corrected chi connectivity index (χ0v) is 12.1. The highest BCUT2D eigenvalue weighted by Crippen LogP contribution is 2.08. The minimum Gasteiger partial charge on any atom is -0.478 e. The summed E-state index contributed by atoms with van der Waals surface area (Å²) in [5, 5.41) is 15.9. The Morgan fingerprint density at radius 2 is 1.86 bits per heavy atom. The lowest BCUT2D eigenvalue weighted by atomic mass is 10.1. The molecule has 3 N–H and O–H groups in total.